The molecule has 0 radical (unpaired) electrons. The van der Waals surface area contributed by atoms with Gasteiger partial charge in [-0.15, -0.1) is 11.3 Å². The molecule has 66 heavy (non-hydrogen) atoms. The SMILES string of the molecule is CC(C)(C)c1cc(-n2c3ccccc3c3ccc(N(c4ccc5c(c4)C(c4ccccc4)(c4ccccc4)c4ccccc4-5)c4ccc5c(c4)sc4ccccc45)cc32)cc(C(C)(C)C)c1. The second kappa shape index (κ2) is 14.9. The van der Waals surface area contributed by atoms with Crippen LogP contribution in [0.2, 0.25) is 0 Å². The molecule has 0 N–H and O–H groups in total. The molecule has 9 aromatic carbocycles. The summed E-state index contributed by atoms with van der Waals surface area (Å²) in [5, 5.41) is 5.09. The van der Waals surface area contributed by atoms with Gasteiger partial charge >= 0.3 is 0 Å². The first kappa shape index (κ1) is 40.3. The Morgan fingerprint density at radius 3 is 1.61 bits per heavy atom. The molecule has 12 rings (SSSR count). The molecule has 0 aliphatic heterocycles. The van der Waals surface area contributed by atoms with E-state index in [1.54, 1.807) is 0 Å². The zero-order chi connectivity index (χ0) is 45.0. The van der Waals surface area contributed by atoms with Gasteiger partial charge in [0, 0.05) is 53.7 Å². The summed E-state index contributed by atoms with van der Waals surface area (Å²) in [4.78, 5) is 2.50. The fourth-order valence-corrected chi connectivity index (χ4v) is 12.0. The molecule has 0 atom stereocenters. The van der Waals surface area contributed by atoms with E-state index in [4.69, 9.17) is 0 Å². The Bertz CT molecular complexity index is 3600. The zero-order valence-corrected chi connectivity index (χ0v) is 39.2. The number of rotatable bonds is 6. The Kier molecular flexibility index (Phi) is 9.11. The average molecular weight is 869 g/mol. The van der Waals surface area contributed by atoms with Crippen molar-refractivity contribution < 1.29 is 0 Å². The highest BCUT2D eigenvalue weighted by Gasteiger charge is 2.46. The van der Waals surface area contributed by atoms with E-state index in [0.717, 1.165) is 17.1 Å². The summed E-state index contributed by atoms with van der Waals surface area (Å²) in [7, 11) is 0. The van der Waals surface area contributed by atoms with Crippen molar-refractivity contribution in [1.29, 1.82) is 0 Å². The lowest BCUT2D eigenvalue weighted by Crippen LogP contribution is -2.28. The van der Waals surface area contributed by atoms with E-state index >= 15 is 0 Å². The number of fused-ring (bicyclic) bond motifs is 9. The smallest absolute Gasteiger partial charge is 0.0714 e. The van der Waals surface area contributed by atoms with E-state index < -0.39 is 5.41 Å². The van der Waals surface area contributed by atoms with Gasteiger partial charge in [0.25, 0.3) is 0 Å². The van der Waals surface area contributed by atoms with Gasteiger partial charge in [-0.25, -0.2) is 0 Å². The molecule has 0 spiro atoms. The largest absolute Gasteiger partial charge is 0.310 e. The van der Waals surface area contributed by atoms with Gasteiger partial charge in [0.05, 0.1) is 16.4 Å². The third-order valence-electron chi connectivity index (χ3n) is 14.1. The maximum absolute atomic E-state index is 2.52. The molecular formula is C63H52N2S. The summed E-state index contributed by atoms with van der Waals surface area (Å²) in [5.41, 5.74) is 16.7. The van der Waals surface area contributed by atoms with Gasteiger partial charge in [-0.2, -0.15) is 0 Å². The third kappa shape index (κ3) is 6.21. The lowest BCUT2D eigenvalue weighted by Gasteiger charge is -2.35. The standard InChI is InChI=1S/C63H52N2S/c1-61(2,3)43-35-44(62(4,5)6)37-48(36-43)65-57-27-17-14-24-51(57)52-33-30-46(39-58(52)65)64(47-31-34-54-53-25-15-18-28-59(53)66-60(54)40-47)45-29-32-50-49-23-13-16-26-55(49)63(56(50)38-45,41-19-9-7-10-20-41)42-21-11-8-12-22-42/h7-40H,1-6H3. The van der Waals surface area contributed by atoms with Crippen molar-refractivity contribution in [3.63, 3.8) is 0 Å². The number of anilines is 3. The van der Waals surface area contributed by atoms with E-state index in [1.165, 1.54) is 92.2 Å². The van der Waals surface area contributed by atoms with Crippen molar-refractivity contribution in [2.45, 2.75) is 57.8 Å². The number of aromatic nitrogens is 1. The molecule has 0 fully saturated rings. The van der Waals surface area contributed by atoms with Crippen LogP contribution in [0.15, 0.2) is 206 Å². The van der Waals surface area contributed by atoms with E-state index in [1.807, 2.05) is 11.3 Å². The minimum Gasteiger partial charge on any atom is -0.310 e. The molecular weight excluding hydrogens is 817 g/mol. The van der Waals surface area contributed by atoms with Crippen LogP contribution in [0, 0.1) is 0 Å². The lowest BCUT2D eigenvalue weighted by atomic mass is 9.67. The second-order valence-electron chi connectivity index (χ2n) is 20.2. The van der Waals surface area contributed by atoms with Crippen molar-refractivity contribution in [3.05, 3.63) is 240 Å². The molecule has 0 saturated carbocycles. The van der Waals surface area contributed by atoms with Crippen LogP contribution in [0.3, 0.4) is 0 Å². The fraction of sp³-hybridized carbons (Fsp3) is 0.143. The zero-order valence-electron chi connectivity index (χ0n) is 38.4. The monoisotopic (exact) mass is 868 g/mol. The fourth-order valence-electron chi connectivity index (χ4n) is 10.9. The number of para-hydroxylation sites is 1. The number of hydrogen-bond donors (Lipinski definition) is 0. The molecule has 0 saturated heterocycles. The first-order chi connectivity index (χ1) is 32.0. The summed E-state index contributed by atoms with van der Waals surface area (Å²) < 4.78 is 5.10. The molecule has 3 heteroatoms. The number of benzene rings is 9. The molecule has 0 amide bonds. The molecule has 2 aromatic heterocycles. The normalized spacial score (nSPS) is 13.4. The number of thiophene rings is 1. The van der Waals surface area contributed by atoms with Gasteiger partial charge in [0.1, 0.15) is 0 Å². The Morgan fingerprint density at radius 2 is 0.909 bits per heavy atom. The predicted molar refractivity (Wildman–Crippen MR) is 283 cm³/mol. The van der Waals surface area contributed by atoms with Crippen molar-refractivity contribution >= 4 is 70.4 Å². The Balaban J connectivity index is 1.15. The molecule has 2 heterocycles. The van der Waals surface area contributed by atoms with Crippen LogP contribution in [-0.4, -0.2) is 4.57 Å². The number of hydrogen-bond acceptors (Lipinski definition) is 2. The van der Waals surface area contributed by atoms with E-state index in [-0.39, 0.29) is 10.8 Å². The van der Waals surface area contributed by atoms with Crippen LogP contribution in [0.4, 0.5) is 17.1 Å². The van der Waals surface area contributed by atoms with Crippen molar-refractivity contribution in [2.24, 2.45) is 0 Å². The van der Waals surface area contributed by atoms with Gasteiger partial charge in [-0.3, -0.25) is 0 Å². The van der Waals surface area contributed by atoms with E-state index in [9.17, 15) is 0 Å². The summed E-state index contributed by atoms with van der Waals surface area (Å²) in [5.74, 6) is 0. The quantitative estimate of drug-likeness (QED) is 0.162. The first-order valence-corrected chi connectivity index (χ1v) is 24.1. The highest BCUT2D eigenvalue weighted by atomic mass is 32.1. The van der Waals surface area contributed by atoms with Gasteiger partial charge in [-0.1, -0.05) is 187 Å². The second-order valence-corrected chi connectivity index (χ2v) is 21.3. The van der Waals surface area contributed by atoms with Gasteiger partial charge in [0.15, 0.2) is 0 Å². The maximum atomic E-state index is 2.52. The first-order valence-electron chi connectivity index (χ1n) is 23.2. The van der Waals surface area contributed by atoms with Crippen LogP contribution in [0.1, 0.15) is 74.9 Å². The van der Waals surface area contributed by atoms with Crippen LogP contribution < -0.4 is 4.90 Å². The summed E-state index contributed by atoms with van der Waals surface area (Å²) in [6, 6.07) is 77.7. The molecule has 0 bridgehead atoms. The van der Waals surface area contributed by atoms with Gasteiger partial charge in [-0.05, 0) is 116 Å². The van der Waals surface area contributed by atoms with Gasteiger partial charge in [0.2, 0.25) is 0 Å². The van der Waals surface area contributed by atoms with Gasteiger partial charge < -0.3 is 9.47 Å². The number of nitrogens with zero attached hydrogens (tertiary/aromatic N) is 2. The summed E-state index contributed by atoms with van der Waals surface area (Å²) >= 11 is 1.87. The Hall–Kier alpha value is -7.20. The highest BCUT2D eigenvalue weighted by Crippen LogP contribution is 2.57. The minimum absolute atomic E-state index is 0.0239. The van der Waals surface area contributed by atoms with Crippen molar-refractivity contribution in [1.82, 2.24) is 4.57 Å². The summed E-state index contributed by atoms with van der Waals surface area (Å²) in [6.45, 7) is 14.0. The van der Waals surface area contributed by atoms with Crippen LogP contribution in [0.25, 0.3) is 58.8 Å². The van der Waals surface area contributed by atoms with E-state index in [2.05, 4.69) is 257 Å². The average Bonchev–Trinajstić information content (AvgIpc) is 3.97. The molecule has 320 valence electrons. The minimum atomic E-state index is -0.523. The topological polar surface area (TPSA) is 8.17 Å². The highest BCUT2D eigenvalue weighted by molar-refractivity contribution is 7.25. The van der Waals surface area contributed by atoms with Crippen LogP contribution in [-0.2, 0) is 16.2 Å². The molecule has 0 unspecified atom stereocenters. The molecule has 1 aliphatic rings. The Labute approximate surface area is 392 Å². The summed E-state index contributed by atoms with van der Waals surface area (Å²) in [6.07, 6.45) is 0. The maximum Gasteiger partial charge on any atom is 0.0714 e. The lowest BCUT2D eigenvalue weighted by molar-refractivity contribution is 0.568. The van der Waals surface area contributed by atoms with Crippen molar-refractivity contribution in [2.75, 3.05) is 4.90 Å². The Morgan fingerprint density at radius 1 is 0.394 bits per heavy atom. The predicted octanol–water partition coefficient (Wildman–Crippen LogP) is 17.6. The van der Waals surface area contributed by atoms with Crippen molar-refractivity contribution in [3.8, 4) is 16.8 Å². The van der Waals surface area contributed by atoms with E-state index in [0.29, 0.717) is 0 Å². The third-order valence-corrected chi connectivity index (χ3v) is 15.3. The molecule has 11 aromatic rings. The van der Waals surface area contributed by atoms with Crippen LogP contribution >= 0.6 is 11.3 Å². The molecule has 2 nitrogen and oxygen atoms in total. The molecule has 1 aliphatic carbocycles. The van der Waals surface area contributed by atoms with Crippen LogP contribution in [0.5, 0.6) is 0 Å².